The van der Waals surface area contributed by atoms with Gasteiger partial charge in [-0.2, -0.15) is 0 Å². The normalized spacial score (nSPS) is 12.7. The van der Waals surface area contributed by atoms with Gasteiger partial charge in [0.05, 0.1) is 24.4 Å². The van der Waals surface area contributed by atoms with Crippen LogP contribution in [0.1, 0.15) is 17.4 Å². The van der Waals surface area contributed by atoms with Gasteiger partial charge in [-0.05, 0) is 23.8 Å². The van der Waals surface area contributed by atoms with Gasteiger partial charge in [-0.3, -0.25) is 4.98 Å². The summed E-state index contributed by atoms with van der Waals surface area (Å²) in [6, 6.07) is 4.52. The van der Waals surface area contributed by atoms with Crippen molar-refractivity contribution in [2.75, 3.05) is 0 Å². The molecule has 0 spiro atoms. The molecule has 0 aliphatic heterocycles. The smallest absolute Gasteiger partial charge is 0.141 e. The third kappa shape index (κ3) is 2.41. The fourth-order valence-corrected chi connectivity index (χ4v) is 1.32. The number of hydrogen-bond acceptors (Lipinski definition) is 3. The Balaban J connectivity index is 2.08. The maximum absolute atomic E-state index is 12.6. The van der Waals surface area contributed by atoms with Gasteiger partial charge in [0.1, 0.15) is 11.9 Å². The molecule has 0 radical (unpaired) electrons. The molecule has 1 unspecified atom stereocenters. The van der Waals surface area contributed by atoms with Crippen molar-refractivity contribution in [3.8, 4) is 0 Å². The predicted octanol–water partition coefficient (Wildman–Crippen LogP) is 2.09. The van der Waals surface area contributed by atoms with Crippen molar-refractivity contribution in [1.82, 2.24) is 4.98 Å². The predicted molar refractivity (Wildman–Crippen MR) is 51.6 cm³/mol. The van der Waals surface area contributed by atoms with E-state index in [1.54, 1.807) is 18.6 Å². The van der Waals surface area contributed by atoms with Crippen molar-refractivity contribution in [3.63, 3.8) is 0 Å². The van der Waals surface area contributed by atoms with Crippen molar-refractivity contribution >= 4 is 0 Å². The number of furan rings is 1. The highest BCUT2D eigenvalue weighted by atomic mass is 19.1. The molecule has 2 aromatic rings. The van der Waals surface area contributed by atoms with Gasteiger partial charge in [0.2, 0.25) is 0 Å². The SMILES string of the molecule is OC(Cc1ccoc1)c1ccc(F)cn1. The molecule has 0 amide bonds. The highest BCUT2D eigenvalue weighted by molar-refractivity contribution is 5.13. The lowest BCUT2D eigenvalue weighted by Gasteiger charge is -2.07. The van der Waals surface area contributed by atoms with E-state index >= 15 is 0 Å². The lowest BCUT2D eigenvalue weighted by Crippen LogP contribution is -2.03. The molecule has 0 saturated carbocycles. The summed E-state index contributed by atoms with van der Waals surface area (Å²) in [5.74, 6) is -0.408. The summed E-state index contributed by atoms with van der Waals surface area (Å²) in [6.45, 7) is 0. The van der Waals surface area contributed by atoms with Gasteiger partial charge >= 0.3 is 0 Å². The number of hydrogen-bond donors (Lipinski definition) is 1. The van der Waals surface area contributed by atoms with Gasteiger partial charge in [-0.15, -0.1) is 0 Å². The molecular formula is C11H10FNO2. The molecule has 2 rings (SSSR count). The molecule has 78 valence electrons. The molecule has 1 N–H and O–H groups in total. The Morgan fingerprint density at radius 3 is 2.87 bits per heavy atom. The molecule has 0 saturated heterocycles. The lowest BCUT2D eigenvalue weighted by molar-refractivity contribution is 0.173. The summed E-state index contributed by atoms with van der Waals surface area (Å²) in [5.41, 5.74) is 1.34. The van der Waals surface area contributed by atoms with E-state index in [1.165, 1.54) is 12.1 Å². The number of pyridine rings is 1. The van der Waals surface area contributed by atoms with Gasteiger partial charge in [0.25, 0.3) is 0 Å². The van der Waals surface area contributed by atoms with E-state index in [4.69, 9.17) is 4.42 Å². The second kappa shape index (κ2) is 4.23. The first-order valence-electron chi connectivity index (χ1n) is 4.56. The van der Waals surface area contributed by atoms with Crippen molar-refractivity contribution in [1.29, 1.82) is 0 Å². The molecule has 15 heavy (non-hydrogen) atoms. The topological polar surface area (TPSA) is 46.3 Å². The first-order chi connectivity index (χ1) is 7.25. The maximum Gasteiger partial charge on any atom is 0.141 e. The molecular weight excluding hydrogens is 197 g/mol. The lowest BCUT2D eigenvalue weighted by atomic mass is 10.1. The minimum Gasteiger partial charge on any atom is -0.472 e. The summed E-state index contributed by atoms with van der Waals surface area (Å²) in [4.78, 5) is 3.80. The Morgan fingerprint density at radius 1 is 1.40 bits per heavy atom. The van der Waals surface area contributed by atoms with Crippen LogP contribution >= 0.6 is 0 Å². The summed E-state index contributed by atoms with van der Waals surface area (Å²) >= 11 is 0. The number of nitrogens with zero attached hydrogens (tertiary/aromatic N) is 1. The third-order valence-electron chi connectivity index (χ3n) is 2.10. The number of rotatable bonds is 3. The second-order valence-corrected chi connectivity index (χ2v) is 3.25. The average molecular weight is 207 g/mol. The molecule has 2 aromatic heterocycles. The minimum absolute atomic E-state index is 0.408. The van der Waals surface area contributed by atoms with E-state index in [2.05, 4.69) is 4.98 Å². The first-order valence-corrected chi connectivity index (χ1v) is 4.56. The highest BCUT2D eigenvalue weighted by Gasteiger charge is 2.10. The van der Waals surface area contributed by atoms with Crippen LogP contribution in [-0.2, 0) is 6.42 Å². The first kappa shape index (κ1) is 9.86. The molecule has 0 bridgehead atoms. The van der Waals surface area contributed by atoms with Gasteiger partial charge < -0.3 is 9.52 Å². The van der Waals surface area contributed by atoms with E-state index in [0.717, 1.165) is 11.8 Å². The van der Waals surface area contributed by atoms with Crippen LogP contribution in [0.25, 0.3) is 0 Å². The molecule has 0 aromatic carbocycles. The number of halogens is 1. The highest BCUT2D eigenvalue weighted by Crippen LogP contribution is 2.16. The van der Waals surface area contributed by atoms with Crippen molar-refractivity contribution in [2.24, 2.45) is 0 Å². The molecule has 2 heterocycles. The maximum atomic E-state index is 12.6. The van der Waals surface area contributed by atoms with Gasteiger partial charge in [-0.1, -0.05) is 0 Å². The van der Waals surface area contributed by atoms with Crippen molar-refractivity contribution < 1.29 is 13.9 Å². The van der Waals surface area contributed by atoms with Crippen LogP contribution in [0.3, 0.4) is 0 Å². The average Bonchev–Trinajstić information content (AvgIpc) is 2.71. The molecule has 0 aliphatic rings. The minimum atomic E-state index is -0.733. The monoisotopic (exact) mass is 207 g/mol. The Hall–Kier alpha value is -1.68. The zero-order chi connectivity index (χ0) is 10.7. The second-order valence-electron chi connectivity index (χ2n) is 3.25. The Kier molecular flexibility index (Phi) is 2.78. The summed E-state index contributed by atoms with van der Waals surface area (Å²) in [6.07, 6.45) is 3.87. The molecule has 1 atom stereocenters. The van der Waals surface area contributed by atoms with Crippen LogP contribution in [0.15, 0.2) is 41.3 Å². The van der Waals surface area contributed by atoms with Crippen LogP contribution in [0.5, 0.6) is 0 Å². The van der Waals surface area contributed by atoms with E-state index in [0.29, 0.717) is 12.1 Å². The number of aliphatic hydroxyl groups is 1. The van der Waals surface area contributed by atoms with E-state index < -0.39 is 11.9 Å². The standard InChI is InChI=1S/C11H10FNO2/c12-9-1-2-10(13-6-9)11(14)5-8-3-4-15-7-8/h1-4,6-7,11,14H,5H2. The molecule has 3 nitrogen and oxygen atoms in total. The molecule has 0 fully saturated rings. The largest absolute Gasteiger partial charge is 0.472 e. The van der Waals surface area contributed by atoms with Crippen LogP contribution < -0.4 is 0 Å². The Bertz CT molecular complexity index is 411. The van der Waals surface area contributed by atoms with Gasteiger partial charge in [-0.25, -0.2) is 4.39 Å². The number of aromatic nitrogens is 1. The van der Waals surface area contributed by atoms with Crippen LogP contribution in [0, 0.1) is 5.82 Å². The Morgan fingerprint density at radius 2 is 2.27 bits per heavy atom. The fourth-order valence-electron chi connectivity index (χ4n) is 1.32. The molecule has 0 aliphatic carbocycles. The molecule has 4 heteroatoms. The van der Waals surface area contributed by atoms with Gasteiger partial charge in [0.15, 0.2) is 0 Å². The summed E-state index contributed by atoms with van der Waals surface area (Å²) < 4.78 is 17.4. The fraction of sp³-hybridized carbons (Fsp3) is 0.182. The van der Waals surface area contributed by atoms with Crippen LogP contribution in [0.4, 0.5) is 4.39 Å². The van der Waals surface area contributed by atoms with E-state index in [1.807, 2.05) is 0 Å². The van der Waals surface area contributed by atoms with Crippen LogP contribution in [0.2, 0.25) is 0 Å². The Labute approximate surface area is 86.2 Å². The van der Waals surface area contributed by atoms with E-state index in [9.17, 15) is 9.50 Å². The summed E-state index contributed by atoms with van der Waals surface area (Å²) in [7, 11) is 0. The van der Waals surface area contributed by atoms with Gasteiger partial charge in [0, 0.05) is 6.42 Å². The van der Waals surface area contributed by atoms with E-state index in [-0.39, 0.29) is 0 Å². The third-order valence-corrected chi connectivity index (χ3v) is 2.10. The van der Waals surface area contributed by atoms with Crippen LogP contribution in [-0.4, -0.2) is 10.1 Å². The zero-order valence-electron chi connectivity index (χ0n) is 7.93. The quantitative estimate of drug-likeness (QED) is 0.838. The summed E-state index contributed by atoms with van der Waals surface area (Å²) in [5, 5.41) is 9.76. The number of aliphatic hydroxyl groups excluding tert-OH is 1. The van der Waals surface area contributed by atoms with Crippen molar-refractivity contribution in [3.05, 3.63) is 54.0 Å². The van der Waals surface area contributed by atoms with Crippen molar-refractivity contribution in [2.45, 2.75) is 12.5 Å². The zero-order valence-corrected chi connectivity index (χ0v) is 7.93.